The average molecular weight is 408 g/mol. The summed E-state index contributed by atoms with van der Waals surface area (Å²) in [6.07, 6.45) is 4.18. The van der Waals surface area contributed by atoms with Crippen molar-refractivity contribution in [1.29, 1.82) is 0 Å². The van der Waals surface area contributed by atoms with Gasteiger partial charge in [0.2, 0.25) is 5.91 Å². The summed E-state index contributed by atoms with van der Waals surface area (Å²) in [6, 6.07) is 4.73. The molecule has 0 saturated carbocycles. The molecule has 1 amide bonds. The molecule has 28 heavy (non-hydrogen) atoms. The monoisotopic (exact) mass is 407 g/mol. The SMILES string of the molecule is CCCCCC(=O)N(CCCOC)C(C)c1nc2cc(Cl)ccc2c(=O)n1C. The first kappa shape index (κ1) is 22.4. The van der Waals surface area contributed by atoms with Crippen LogP contribution in [-0.2, 0) is 16.6 Å². The molecule has 6 nitrogen and oxygen atoms in total. The molecule has 0 saturated heterocycles. The summed E-state index contributed by atoms with van der Waals surface area (Å²) < 4.78 is 6.68. The molecule has 0 radical (unpaired) electrons. The Morgan fingerprint density at radius 1 is 1.32 bits per heavy atom. The summed E-state index contributed by atoms with van der Waals surface area (Å²) in [7, 11) is 3.35. The van der Waals surface area contributed by atoms with Gasteiger partial charge < -0.3 is 9.64 Å². The van der Waals surface area contributed by atoms with Crippen LogP contribution in [0.1, 0.15) is 57.8 Å². The fourth-order valence-corrected chi connectivity index (χ4v) is 3.52. The Balaban J connectivity index is 2.38. The molecule has 0 N–H and O–H groups in total. The van der Waals surface area contributed by atoms with Crippen molar-refractivity contribution < 1.29 is 9.53 Å². The van der Waals surface area contributed by atoms with Gasteiger partial charge in [0, 0.05) is 38.8 Å². The van der Waals surface area contributed by atoms with Crippen molar-refractivity contribution in [2.75, 3.05) is 20.3 Å². The molecule has 154 valence electrons. The average Bonchev–Trinajstić information content (AvgIpc) is 2.67. The number of carbonyl (C=O) groups is 1. The molecule has 0 aliphatic rings. The third-order valence-electron chi connectivity index (χ3n) is 4.98. The number of aromatic nitrogens is 2. The zero-order chi connectivity index (χ0) is 20.7. The van der Waals surface area contributed by atoms with E-state index >= 15 is 0 Å². The first-order chi connectivity index (χ1) is 13.4. The van der Waals surface area contributed by atoms with Crippen LogP contribution in [0.25, 0.3) is 10.9 Å². The van der Waals surface area contributed by atoms with Crippen LogP contribution in [0.15, 0.2) is 23.0 Å². The van der Waals surface area contributed by atoms with Crippen molar-refractivity contribution in [2.24, 2.45) is 7.05 Å². The molecule has 0 fully saturated rings. The van der Waals surface area contributed by atoms with Crippen LogP contribution in [0.4, 0.5) is 0 Å². The number of rotatable bonds is 10. The molecule has 0 bridgehead atoms. The van der Waals surface area contributed by atoms with Crippen LogP contribution < -0.4 is 5.56 Å². The van der Waals surface area contributed by atoms with Gasteiger partial charge in [0.25, 0.3) is 5.56 Å². The number of methoxy groups -OCH3 is 1. The van der Waals surface area contributed by atoms with E-state index in [4.69, 9.17) is 16.3 Å². The van der Waals surface area contributed by atoms with Crippen molar-refractivity contribution in [3.05, 3.63) is 39.4 Å². The highest BCUT2D eigenvalue weighted by atomic mass is 35.5. The van der Waals surface area contributed by atoms with E-state index in [0.29, 0.717) is 41.3 Å². The van der Waals surface area contributed by atoms with Gasteiger partial charge in [-0.25, -0.2) is 4.98 Å². The van der Waals surface area contributed by atoms with Crippen molar-refractivity contribution in [2.45, 2.75) is 52.0 Å². The van der Waals surface area contributed by atoms with Crippen LogP contribution >= 0.6 is 11.6 Å². The second-order valence-electron chi connectivity index (χ2n) is 7.06. The number of nitrogens with zero attached hydrogens (tertiary/aromatic N) is 3. The number of amides is 1. The normalized spacial score (nSPS) is 12.3. The van der Waals surface area contributed by atoms with Crippen molar-refractivity contribution >= 4 is 28.4 Å². The van der Waals surface area contributed by atoms with Crippen LogP contribution in [0.3, 0.4) is 0 Å². The molecule has 1 heterocycles. The lowest BCUT2D eigenvalue weighted by molar-refractivity contribution is -0.134. The highest BCUT2D eigenvalue weighted by molar-refractivity contribution is 6.31. The minimum atomic E-state index is -0.327. The third kappa shape index (κ3) is 5.32. The number of unbranched alkanes of at least 4 members (excludes halogenated alkanes) is 2. The van der Waals surface area contributed by atoms with E-state index in [1.165, 1.54) is 4.57 Å². The number of benzene rings is 1. The van der Waals surface area contributed by atoms with E-state index in [0.717, 1.165) is 25.7 Å². The van der Waals surface area contributed by atoms with E-state index in [1.54, 1.807) is 32.4 Å². The van der Waals surface area contributed by atoms with E-state index in [9.17, 15) is 9.59 Å². The minimum absolute atomic E-state index is 0.0810. The Morgan fingerprint density at radius 2 is 2.07 bits per heavy atom. The molecule has 2 rings (SSSR count). The fraction of sp³-hybridized carbons (Fsp3) is 0.571. The lowest BCUT2D eigenvalue weighted by atomic mass is 10.1. The van der Waals surface area contributed by atoms with Gasteiger partial charge >= 0.3 is 0 Å². The molecule has 0 aliphatic heterocycles. The summed E-state index contributed by atoms with van der Waals surface area (Å²) in [5.41, 5.74) is 0.409. The van der Waals surface area contributed by atoms with Crippen molar-refractivity contribution in [1.82, 2.24) is 14.5 Å². The smallest absolute Gasteiger partial charge is 0.261 e. The molecule has 0 spiro atoms. The Kier molecular flexibility index (Phi) is 8.45. The molecule has 1 unspecified atom stereocenters. The number of halogens is 1. The summed E-state index contributed by atoms with van der Waals surface area (Å²) in [4.78, 5) is 32.2. The molecule has 1 atom stereocenters. The van der Waals surface area contributed by atoms with Gasteiger partial charge in [-0.2, -0.15) is 0 Å². The summed E-state index contributed by atoms with van der Waals surface area (Å²) in [5.74, 6) is 0.638. The summed E-state index contributed by atoms with van der Waals surface area (Å²) in [6.45, 7) is 5.17. The van der Waals surface area contributed by atoms with E-state index in [1.807, 2.05) is 11.8 Å². The number of carbonyl (C=O) groups excluding carboxylic acids is 1. The van der Waals surface area contributed by atoms with Crippen LogP contribution in [0.2, 0.25) is 5.02 Å². The molecule has 0 aliphatic carbocycles. The molecular formula is C21H30ClN3O3. The minimum Gasteiger partial charge on any atom is -0.385 e. The molecule has 7 heteroatoms. The topological polar surface area (TPSA) is 64.4 Å². The lowest BCUT2D eigenvalue weighted by Gasteiger charge is -2.30. The predicted molar refractivity (Wildman–Crippen MR) is 113 cm³/mol. The predicted octanol–water partition coefficient (Wildman–Crippen LogP) is 4.09. The van der Waals surface area contributed by atoms with Gasteiger partial charge in [-0.3, -0.25) is 14.2 Å². The first-order valence-corrected chi connectivity index (χ1v) is 10.2. The zero-order valence-electron chi connectivity index (χ0n) is 17.2. The van der Waals surface area contributed by atoms with Gasteiger partial charge in [0.05, 0.1) is 16.9 Å². The standard InChI is InChI=1S/C21H30ClN3O3/c1-5-6-7-9-19(26)25(12-8-13-28-4)15(2)20-23-18-14-16(22)10-11-17(18)21(27)24(20)3/h10-11,14-15H,5-9,12-13H2,1-4H3. The molecule has 2 aromatic rings. The maximum absolute atomic E-state index is 12.9. The number of ether oxygens (including phenoxy) is 1. The Morgan fingerprint density at radius 3 is 2.75 bits per heavy atom. The summed E-state index contributed by atoms with van der Waals surface area (Å²) in [5, 5.41) is 1.04. The molecule has 1 aromatic carbocycles. The van der Waals surface area contributed by atoms with Gasteiger partial charge in [0.1, 0.15) is 5.82 Å². The first-order valence-electron chi connectivity index (χ1n) is 9.85. The van der Waals surface area contributed by atoms with Gasteiger partial charge in [-0.05, 0) is 38.0 Å². The second-order valence-corrected chi connectivity index (χ2v) is 7.50. The van der Waals surface area contributed by atoms with Crippen LogP contribution in [0.5, 0.6) is 0 Å². The second kappa shape index (κ2) is 10.6. The zero-order valence-corrected chi connectivity index (χ0v) is 18.0. The van der Waals surface area contributed by atoms with E-state index < -0.39 is 0 Å². The summed E-state index contributed by atoms with van der Waals surface area (Å²) >= 11 is 6.08. The lowest BCUT2D eigenvalue weighted by Crippen LogP contribution is -2.38. The number of hydrogen-bond acceptors (Lipinski definition) is 4. The quantitative estimate of drug-likeness (QED) is 0.556. The fourth-order valence-electron chi connectivity index (χ4n) is 3.36. The molecule has 1 aromatic heterocycles. The Hall–Kier alpha value is -1.92. The highest BCUT2D eigenvalue weighted by Gasteiger charge is 2.24. The largest absolute Gasteiger partial charge is 0.385 e. The van der Waals surface area contributed by atoms with Crippen molar-refractivity contribution in [3.63, 3.8) is 0 Å². The highest BCUT2D eigenvalue weighted by Crippen LogP contribution is 2.22. The number of hydrogen-bond donors (Lipinski definition) is 0. The van der Waals surface area contributed by atoms with E-state index in [-0.39, 0.29) is 17.5 Å². The van der Waals surface area contributed by atoms with Gasteiger partial charge in [-0.1, -0.05) is 31.4 Å². The Labute approximate surface area is 171 Å². The van der Waals surface area contributed by atoms with Crippen molar-refractivity contribution in [3.8, 4) is 0 Å². The third-order valence-corrected chi connectivity index (χ3v) is 5.21. The van der Waals surface area contributed by atoms with E-state index in [2.05, 4.69) is 11.9 Å². The maximum Gasteiger partial charge on any atom is 0.261 e. The maximum atomic E-state index is 12.9. The van der Waals surface area contributed by atoms with Crippen LogP contribution in [0, 0.1) is 0 Å². The molecular weight excluding hydrogens is 378 g/mol. The van der Waals surface area contributed by atoms with Crippen LogP contribution in [-0.4, -0.2) is 40.6 Å². The van der Waals surface area contributed by atoms with Gasteiger partial charge in [0.15, 0.2) is 0 Å². The Bertz CT molecular complexity index is 866. The number of fused-ring (bicyclic) bond motifs is 1. The van der Waals surface area contributed by atoms with Gasteiger partial charge in [-0.15, -0.1) is 0 Å².